The van der Waals surface area contributed by atoms with Crippen molar-refractivity contribution in [2.45, 2.75) is 71.1 Å². The van der Waals surface area contributed by atoms with Gasteiger partial charge in [0.15, 0.2) is 11.6 Å². The molecule has 1 nitrogen and oxygen atoms in total. The summed E-state index contributed by atoms with van der Waals surface area (Å²) >= 11 is 0. The molecule has 3 heteroatoms. The van der Waals surface area contributed by atoms with Crippen molar-refractivity contribution >= 4 is 10.8 Å². The van der Waals surface area contributed by atoms with E-state index >= 15 is 0 Å². The molecule has 3 aromatic carbocycles. The van der Waals surface area contributed by atoms with E-state index in [9.17, 15) is 8.78 Å². The average molecular weight is 463 g/mol. The predicted octanol–water partition coefficient (Wildman–Crippen LogP) is 8.93. The largest absolute Gasteiger partial charge is 0.486 e. The van der Waals surface area contributed by atoms with Crippen LogP contribution in [0.4, 0.5) is 8.78 Å². The third-order valence-corrected chi connectivity index (χ3v) is 7.32. The summed E-state index contributed by atoms with van der Waals surface area (Å²) in [4.78, 5) is 0. The van der Waals surface area contributed by atoms with Gasteiger partial charge in [0.05, 0.1) is 0 Å². The van der Waals surface area contributed by atoms with E-state index in [-0.39, 0.29) is 12.4 Å². The van der Waals surface area contributed by atoms with Gasteiger partial charge in [-0.25, -0.2) is 4.39 Å². The van der Waals surface area contributed by atoms with Crippen LogP contribution in [0.3, 0.4) is 0 Å². The number of fused-ring (bicyclic) bond motifs is 1. The van der Waals surface area contributed by atoms with Gasteiger partial charge >= 0.3 is 0 Å². The highest BCUT2D eigenvalue weighted by Crippen LogP contribution is 2.37. The standard InChI is InChI=1S/C31H36F2O/c1-3-5-19-34-29-21-27-18-13-24(20-28(27)30(32)31(29)33)8-7-23-11-16-26(17-12-23)25-14-9-22(6-4-2)10-15-25/h3,5,11-13,16-18,20-22,25H,4,6-10,14-15,19H2,1-2H3. The second-order valence-electron chi connectivity index (χ2n) is 9.69. The van der Waals surface area contributed by atoms with Gasteiger partial charge in [-0.2, -0.15) is 4.39 Å². The van der Waals surface area contributed by atoms with Gasteiger partial charge in [-0.05, 0) is 91.5 Å². The fourth-order valence-corrected chi connectivity index (χ4v) is 5.28. The Morgan fingerprint density at radius 2 is 1.59 bits per heavy atom. The molecular weight excluding hydrogens is 426 g/mol. The lowest BCUT2D eigenvalue weighted by atomic mass is 9.77. The number of hydrogen-bond donors (Lipinski definition) is 0. The number of hydrogen-bond acceptors (Lipinski definition) is 1. The molecule has 1 saturated carbocycles. The predicted molar refractivity (Wildman–Crippen MR) is 138 cm³/mol. The van der Waals surface area contributed by atoms with Crippen molar-refractivity contribution in [3.05, 3.63) is 89.0 Å². The lowest BCUT2D eigenvalue weighted by Crippen LogP contribution is -2.13. The average Bonchev–Trinajstić information content (AvgIpc) is 2.87. The maximum Gasteiger partial charge on any atom is 0.201 e. The molecule has 0 aliphatic heterocycles. The molecule has 34 heavy (non-hydrogen) atoms. The maximum atomic E-state index is 14.7. The quantitative estimate of drug-likeness (QED) is 0.288. The summed E-state index contributed by atoms with van der Waals surface area (Å²) in [5.74, 6) is -0.179. The lowest BCUT2D eigenvalue weighted by Gasteiger charge is -2.28. The van der Waals surface area contributed by atoms with Crippen LogP contribution >= 0.6 is 0 Å². The van der Waals surface area contributed by atoms with Crippen molar-refractivity contribution in [1.82, 2.24) is 0 Å². The summed E-state index contributed by atoms with van der Waals surface area (Å²) in [7, 11) is 0. The summed E-state index contributed by atoms with van der Waals surface area (Å²) in [5.41, 5.74) is 3.75. The molecule has 0 amide bonds. The smallest absolute Gasteiger partial charge is 0.201 e. The minimum atomic E-state index is -0.923. The van der Waals surface area contributed by atoms with Gasteiger partial charge in [0.1, 0.15) is 6.61 Å². The first-order chi connectivity index (χ1) is 16.6. The summed E-state index contributed by atoms with van der Waals surface area (Å²) in [6.07, 6.45) is 13.3. The van der Waals surface area contributed by atoms with E-state index in [1.165, 1.54) is 49.7 Å². The third kappa shape index (κ3) is 5.87. The molecule has 0 atom stereocenters. The number of benzene rings is 3. The van der Waals surface area contributed by atoms with Gasteiger partial charge in [0.2, 0.25) is 5.82 Å². The maximum absolute atomic E-state index is 14.7. The lowest BCUT2D eigenvalue weighted by molar-refractivity contribution is 0.308. The van der Waals surface area contributed by atoms with Gasteiger partial charge in [-0.15, -0.1) is 0 Å². The number of rotatable bonds is 9. The second kappa shape index (κ2) is 11.6. The van der Waals surface area contributed by atoms with Crippen LogP contribution in [0.15, 0.2) is 60.7 Å². The fraction of sp³-hybridized carbons (Fsp3) is 0.419. The number of allylic oxidation sites excluding steroid dienone is 1. The van der Waals surface area contributed by atoms with Crippen molar-refractivity contribution in [3.63, 3.8) is 0 Å². The Balaban J connectivity index is 1.38. The van der Waals surface area contributed by atoms with Crippen LogP contribution in [0.2, 0.25) is 0 Å². The molecule has 4 rings (SSSR count). The van der Waals surface area contributed by atoms with E-state index in [1.54, 1.807) is 18.2 Å². The molecular formula is C31H36F2O. The summed E-state index contributed by atoms with van der Waals surface area (Å²) in [6.45, 7) is 4.36. The zero-order valence-corrected chi connectivity index (χ0v) is 20.5. The molecule has 1 aliphatic rings. The molecule has 0 saturated heterocycles. The van der Waals surface area contributed by atoms with Gasteiger partial charge in [-0.3, -0.25) is 0 Å². The van der Waals surface area contributed by atoms with Gasteiger partial charge in [0, 0.05) is 5.39 Å². The number of halogens is 2. The van der Waals surface area contributed by atoms with E-state index in [4.69, 9.17) is 4.74 Å². The number of aryl methyl sites for hydroxylation is 2. The van der Waals surface area contributed by atoms with Crippen molar-refractivity contribution < 1.29 is 13.5 Å². The second-order valence-corrected chi connectivity index (χ2v) is 9.69. The van der Waals surface area contributed by atoms with Crippen molar-refractivity contribution in [2.24, 2.45) is 5.92 Å². The third-order valence-electron chi connectivity index (χ3n) is 7.32. The van der Waals surface area contributed by atoms with Gasteiger partial charge in [0.25, 0.3) is 0 Å². The fourth-order valence-electron chi connectivity index (χ4n) is 5.28. The molecule has 0 bridgehead atoms. The Labute approximate surface area is 202 Å². The normalized spacial score (nSPS) is 18.6. The Morgan fingerprint density at radius 3 is 2.29 bits per heavy atom. The molecule has 0 heterocycles. The Morgan fingerprint density at radius 1 is 0.882 bits per heavy atom. The van der Waals surface area contributed by atoms with Crippen molar-refractivity contribution in [1.29, 1.82) is 0 Å². The minimum absolute atomic E-state index is 0.0465. The van der Waals surface area contributed by atoms with Gasteiger partial charge in [-0.1, -0.05) is 68.3 Å². The molecule has 0 aromatic heterocycles. The first kappa shape index (κ1) is 24.4. The SMILES string of the molecule is CC=CCOc1cc2ccc(CCc3ccc(C4CCC(CCC)CC4)cc3)cc2c(F)c1F. The highest BCUT2D eigenvalue weighted by Gasteiger charge is 2.21. The zero-order chi connectivity index (χ0) is 23.9. The van der Waals surface area contributed by atoms with E-state index in [2.05, 4.69) is 31.2 Å². The monoisotopic (exact) mass is 462 g/mol. The Hall–Kier alpha value is -2.68. The molecule has 0 radical (unpaired) electrons. The molecule has 0 spiro atoms. The van der Waals surface area contributed by atoms with Crippen LogP contribution in [-0.2, 0) is 12.8 Å². The Kier molecular flexibility index (Phi) is 8.37. The van der Waals surface area contributed by atoms with Crippen LogP contribution < -0.4 is 4.74 Å². The van der Waals surface area contributed by atoms with Crippen LogP contribution in [0.5, 0.6) is 5.75 Å². The van der Waals surface area contributed by atoms with Crippen LogP contribution in [0.25, 0.3) is 10.8 Å². The van der Waals surface area contributed by atoms with E-state index in [1.807, 2.05) is 25.1 Å². The van der Waals surface area contributed by atoms with E-state index < -0.39 is 11.6 Å². The first-order valence-corrected chi connectivity index (χ1v) is 12.8. The summed E-state index contributed by atoms with van der Waals surface area (Å²) < 4.78 is 34.6. The van der Waals surface area contributed by atoms with Crippen LogP contribution in [-0.4, -0.2) is 6.61 Å². The van der Waals surface area contributed by atoms with E-state index in [0.29, 0.717) is 16.7 Å². The molecule has 0 unspecified atom stereocenters. The molecule has 3 aromatic rings. The summed E-state index contributed by atoms with van der Waals surface area (Å²) in [6, 6.07) is 16.3. The van der Waals surface area contributed by atoms with Crippen molar-refractivity contribution in [3.8, 4) is 5.75 Å². The molecule has 1 aliphatic carbocycles. The van der Waals surface area contributed by atoms with Crippen LogP contribution in [0.1, 0.15) is 75.0 Å². The van der Waals surface area contributed by atoms with Gasteiger partial charge < -0.3 is 4.74 Å². The van der Waals surface area contributed by atoms with E-state index in [0.717, 1.165) is 24.3 Å². The molecule has 0 N–H and O–H groups in total. The number of ether oxygens (including phenoxy) is 1. The first-order valence-electron chi connectivity index (χ1n) is 12.8. The van der Waals surface area contributed by atoms with Crippen molar-refractivity contribution in [2.75, 3.05) is 6.61 Å². The zero-order valence-electron chi connectivity index (χ0n) is 20.5. The highest BCUT2D eigenvalue weighted by atomic mass is 19.2. The topological polar surface area (TPSA) is 9.23 Å². The molecule has 180 valence electrons. The highest BCUT2D eigenvalue weighted by molar-refractivity contribution is 5.85. The summed E-state index contributed by atoms with van der Waals surface area (Å²) in [5, 5.41) is 0.957. The Bertz CT molecular complexity index is 1110. The van der Waals surface area contributed by atoms with Crippen LogP contribution in [0, 0.1) is 17.6 Å². The molecule has 1 fully saturated rings. The minimum Gasteiger partial charge on any atom is -0.486 e.